The Balaban J connectivity index is 2.02. The van der Waals surface area contributed by atoms with Gasteiger partial charge in [-0.05, 0) is 18.2 Å². The molecule has 0 atom stereocenters. The number of carbonyl (C=O) groups is 2. The number of amides is 1. The van der Waals surface area contributed by atoms with Crippen LogP contribution >= 0.6 is 0 Å². The number of ether oxygens (including phenoxy) is 2. The van der Waals surface area contributed by atoms with Crippen molar-refractivity contribution >= 4 is 33.1 Å². The first kappa shape index (κ1) is 24.2. The molecule has 1 N–H and O–H groups in total. The van der Waals surface area contributed by atoms with Crippen molar-refractivity contribution in [2.45, 2.75) is 11.9 Å². The molecule has 0 aliphatic carbocycles. The Morgan fingerprint density at radius 1 is 1.12 bits per heavy atom. The molecule has 0 spiro atoms. The van der Waals surface area contributed by atoms with Gasteiger partial charge in [-0.25, -0.2) is 23.2 Å². The van der Waals surface area contributed by atoms with Crippen LogP contribution in [-0.2, 0) is 14.6 Å². The molecule has 34 heavy (non-hydrogen) atoms. The standard InChI is InChI=1S/C20H17N5O8S/c1-3-34(30,31)17-5-4-12(10-23-17)33-13-8-14(20(27)32-2)18(16(9-13)25(28)29)24-19(26)15-11-21-6-7-22-15/h4-11H,3H2,1-2H3,(H,24,26). The first-order chi connectivity index (χ1) is 16.2. The van der Waals surface area contributed by atoms with Crippen molar-refractivity contribution in [1.29, 1.82) is 0 Å². The van der Waals surface area contributed by atoms with Crippen molar-refractivity contribution < 1.29 is 32.4 Å². The molecule has 2 aromatic heterocycles. The van der Waals surface area contributed by atoms with E-state index in [1.165, 1.54) is 31.5 Å². The molecular formula is C20H17N5O8S. The molecule has 0 unspecified atom stereocenters. The van der Waals surface area contributed by atoms with Crippen molar-refractivity contribution in [3.8, 4) is 11.5 Å². The number of rotatable bonds is 8. The SMILES string of the molecule is CCS(=O)(=O)c1ccc(Oc2cc(C(=O)OC)c(NC(=O)c3cnccn3)c([N+](=O)[O-])c2)cn1. The Labute approximate surface area is 192 Å². The minimum Gasteiger partial charge on any atom is -0.465 e. The second-order valence-electron chi connectivity index (χ2n) is 6.50. The Morgan fingerprint density at radius 2 is 1.88 bits per heavy atom. The number of hydrogen-bond acceptors (Lipinski definition) is 11. The van der Waals surface area contributed by atoms with E-state index in [9.17, 15) is 28.1 Å². The molecule has 0 bridgehead atoms. The number of esters is 1. The summed E-state index contributed by atoms with van der Waals surface area (Å²) in [6, 6.07) is 4.64. The number of hydrogen-bond donors (Lipinski definition) is 1. The van der Waals surface area contributed by atoms with Gasteiger partial charge >= 0.3 is 5.97 Å². The highest BCUT2D eigenvalue weighted by Gasteiger charge is 2.27. The van der Waals surface area contributed by atoms with Crippen LogP contribution in [0, 0.1) is 10.1 Å². The van der Waals surface area contributed by atoms with Gasteiger partial charge in [-0.1, -0.05) is 6.92 Å². The van der Waals surface area contributed by atoms with Gasteiger partial charge in [0.1, 0.15) is 22.9 Å². The van der Waals surface area contributed by atoms with Gasteiger partial charge in [0.2, 0.25) is 0 Å². The monoisotopic (exact) mass is 487 g/mol. The van der Waals surface area contributed by atoms with Crippen LogP contribution in [0.4, 0.5) is 11.4 Å². The van der Waals surface area contributed by atoms with Gasteiger partial charge in [0, 0.05) is 12.4 Å². The molecule has 0 radical (unpaired) electrons. The Morgan fingerprint density at radius 3 is 2.44 bits per heavy atom. The van der Waals surface area contributed by atoms with Crippen LogP contribution in [0.5, 0.6) is 11.5 Å². The first-order valence-electron chi connectivity index (χ1n) is 9.51. The third-order valence-corrected chi connectivity index (χ3v) is 6.01. The van der Waals surface area contributed by atoms with Crippen LogP contribution in [0.2, 0.25) is 0 Å². The van der Waals surface area contributed by atoms with Crippen molar-refractivity contribution in [1.82, 2.24) is 15.0 Å². The van der Waals surface area contributed by atoms with Gasteiger partial charge in [-0.15, -0.1) is 0 Å². The molecule has 0 fully saturated rings. The number of methoxy groups -OCH3 is 1. The fourth-order valence-electron chi connectivity index (χ4n) is 2.70. The molecule has 0 saturated carbocycles. The van der Waals surface area contributed by atoms with Crippen LogP contribution in [-0.4, -0.2) is 53.0 Å². The predicted octanol–water partition coefficient (Wildman–Crippen LogP) is 2.40. The molecule has 0 aliphatic heterocycles. The number of nitrogens with one attached hydrogen (secondary N) is 1. The molecule has 3 aromatic rings. The minimum atomic E-state index is -3.53. The number of nitro groups is 1. The number of nitrogens with zero attached hydrogens (tertiary/aromatic N) is 4. The lowest BCUT2D eigenvalue weighted by atomic mass is 10.1. The number of anilines is 1. The van der Waals surface area contributed by atoms with Crippen molar-refractivity contribution in [3.05, 3.63) is 70.4 Å². The van der Waals surface area contributed by atoms with E-state index >= 15 is 0 Å². The van der Waals surface area contributed by atoms with Crippen LogP contribution in [0.1, 0.15) is 27.8 Å². The second-order valence-corrected chi connectivity index (χ2v) is 8.72. The molecule has 0 saturated heterocycles. The molecule has 1 aromatic carbocycles. The van der Waals surface area contributed by atoms with Crippen LogP contribution in [0.15, 0.2) is 54.1 Å². The molecule has 13 nitrogen and oxygen atoms in total. The maximum absolute atomic E-state index is 12.5. The van der Waals surface area contributed by atoms with Gasteiger partial charge in [0.05, 0.1) is 41.8 Å². The fourth-order valence-corrected chi connectivity index (χ4v) is 3.48. The zero-order chi connectivity index (χ0) is 24.9. The van der Waals surface area contributed by atoms with Gasteiger partial charge in [-0.2, -0.15) is 0 Å². The number of sulfone groups is 1. The number of benzene rings is 1. The molecule has 1 amide bonds. The molecule has 2 heterocycles. The normalized spacial score (nSPS) is 10.9. The summed E-state index contributed by atoms with van der Waals surface area (Å²) in [6.07, 6.45) is 4.86. The summed E-state index contributed by atoms with van der Waals surface area (Å²) >= 11 is 0. The number of carbonyl (C=O) groups excluding carboxylic acids is 2. The van der Waals surface area contributed by atoms with E-state index in [4.69, 9.17) is 9.47 Å². The summed E-state index contributed by atoms with van der Waals surface area (Å²) in [5.41, 5.74) is -1.58. The highest BCUT2D eigenvalue weighted by atomic mass is 32.2. The second kappa shape index (κ2) is 9.99. The molecular weight excluding hydrogens is 470 g/mol. The van der Waals surface area contributed by atoms with Crippen LogP contribution < -0.4 is 10.1 Å². The smallest absolute Gasteiger partial charge is 0.340 e. The molecule has 3 rings (SSSR count). The Kier molecular flexibility index (Phi) is 7.11. The van der Waals surface area contributed by atoms with Crippen LogP contribution in [0.25, 0.3) is 0 Å². The van der Waals surface area contributed by atoms with Crippen molar-refractivity contribution in [3.63, 3.8) is 0 Å². The van der Waals surface area contributed by atoms with Crippen molar-refractivity contribution in [2.24, 2.45) is 0 Å². The maximum Gasteiger partial charge on any atom is 0.340 e. The average molecular weight is 487 g/mol. The van der Waals surface area contributed by atoms with Crippen LogP contribution in [0.3, 0.4) is 0 Å². The quantitative estimate of drug-likeness (QED) is 0.280. The summed E-state index contributed by atoms with van der Waals surface area (Å²) in [5.74, 6) is -2.07. The van der Waals surface area contributed by atoms with Gasteiger partial charge in [-0.3, -0.25) is 19.9 Å². The zero-order valence-electron chi connectivity index (χ0n) is 17.8. The largest absolute Gasteiger partial charge is 0.465 e. The number of nitro benzene ring substituents is 1. The van der Waals surface area contributed by atoms with E-state index in [0.29, 0.717) is 0 Å². The fraction of sp³-hybridized carbons (Fsp3) is 0.150. The Bertz CT molecular complexity index is 1350. The highest BCUT2D eigenvalue weighted by molar-refractivity contribution is 7.91. The summed E-state index contributed by atoms with van der Waals surface area (Å²) in [6.45, 7) is 1.47. The lowest BCUT2D eigenvalue weighted by molar-refractivity contribution is -0.384. The Hall–Kier alpha value is -4.46. The van der Waals surface area contributed by atoms with Gasteiger partial charge < -0.3 is 14.8 Å². The van der Waals surface area contributed by atoms with E-state index < -0.39 is 38.0 Å². The highest BCUT2D eigenvalue weighted by Crippen LogP contribution is 2.36. The van der Waals surface area contributed by atoms with E-state index in [-0.39, 0.29) is 33.5 Å². The molecule has 14 heteroatoms. The van der Waals surface area contributed by atoms with E-state index in [1.807, 2.05) is 0 Å². The third-order valence-electron chi connectivity index (χ3n) is 4.37. The average Bonchev–Trinajstić information content (AvgIpc) is 2.84. The summed E-state index contributed by atoms with van der Waals surface area (Å²) in [5, 5.41) is 13.9. The van der Waals surface area contributed by atoms with Gasteiger partial charge in [0.25, 0.3) is 11.6 Å². The van der Waals surface area contributed by atoms with Gasteiger partial charge in [0.15, 0.2) is 14.9 Å². The molecule has 0 aliphatic rings. The summed E-state index contributed by atoms with van der Waals surface area (Å²) in [4.78, 5) is 47.2. The van der Waals surface area contributed by atoms with E-state index in [1.54, 1.807) is 0 Å². The molecule has 176 valence electrons. The first-order valence-corrected chi connectivity index (χ1v) is 11.2. The number of aromatic nitrogens is 3. The lowest BCUT2D eigenvalue weighted by Gasteiger charge is -2.13. The summed E-state index contributed by atoms with van der Waals surface area (Å²) in [7, 11) is -2.47. The zero-order valence-corrected chi connectivity index (χ0v) is 18.6. The topological polar surface area (TPSA) is 181 Å². The van der Waals surface area contributed by atoms with E-state index in [0.717, 1.165) is 31.6 Å². The minimum absolute atomic E-state index is 0.0523. The predicted molar refractivity (Wildman–Crippen MR) is 116 cm³/mol. The summed E-state index contributed by atoms with van der Waals surface area (Å²) < 4.78 is 34.0. The number of pyridine rings is 1. The van der Waals surface area contributed by atoms with E-state index in [2.05, 4.69) is 20.3 Å². The maximum atomic E-state index is 12.5. The third kappa shape index (κ3) is 5.29. The lowest BCUT2D eigenvalue weighted by Crippen LogP contribution is -2.18. The van der Waals surface area contributed by atoms with Crippen molar-refractivity contribution in [2.75, 3.05) is 18.2 Å².